The van der Waals surface area contributed by atoms with Crippen molar-refractivity contribution < 1.29 is 4.74 Å². The summed E-state index contributed by atoms with van der Waals surface area (Å²) in [5.41, 5.74) is 0.434. The van der Waals surface area contributed by atoms with Crippen LogP contribution in [0.4, 0.5) is 0 Å². The lowest BCUT2D eigenvalue weighted by Gasteiger charge is -2.34. The Hall–Kier alpha value is -0.0800. The monoisotopic (exact) mass is 255 g/mol. The van der Waals surface area contributed by atoms with Gasteiger partial charge in [-0.05, 0) is 56.9 Å². The van der Waals surface area contributed by atoms with Crippen LogP contribution >= 0.6 is 0 Å². The second-order valence-corrected chi connectivity index (χ2v) is 6.58. The second-order valence-electron chi connectivity index (χ2n) is 6.58. The van der Waals surface area contributed by atoms with E-state index in [9.17, 15) is 0 Å². The van der Waals surface area contributed by atoms with Gasteiger partial charge in [-0.3, -0.25) is 0 Å². The van der Waals surface area contributed by atoms with Gasteiger partial charge in [0.2, 0.25) is 0 Å². The molecule has 1 saturated heterocycles. The fourth-order valence-corrected chi connectivity index (χ4v) is 3.01. The van der Waals surface area contributed by atoms with Crippen molar-refractivity contribution in [1.82, 2.24) is 5.32 Å². The van der Waals surface area contributed by atoms with Crippen LogP contribution in [-0.4, -0.2) is 25.3 Å². The molecule has 108 valence electrons. The van der Waals surface area contributed by atoms with Crippen LogP contribution in [0.5, 0.6) is 0 Å². The maximum atomic E-state index is 6.02. The van der Waals surface area contributed by atoms with Crippen LogP contribution in [0.15, 0.2) is 0 Å². The smallest absolute Gasteiger partial charge is 0.0585 e. The van der Waals surface area contributed by atoms with E-state index in [2.05, 4.69) is 39.9 Å². The van der Waals surface area contributed by atoms with E-state index in [0.717, 1.165) is 19.0 Å². The highest BCUT2D eigenvalue weighted by molar-refractivity contribution is 4.85. The molecule has 2 atom stereocenters. The van der Waals surface area contributed by atoms with Crippen molar-refractivity contribution in [3.8, 4) is 0 Å². The molecule has 1 aliphatic rings. The minimum Gasteiger partial charge on any atom is -0.375 e. The topological polar surface area (TPSA) is 21.3 Å². The molecule has 0 amide bonds. The van der Waals surface area contributed by atoms with E-state index in [-0.39, 0.29) is 0 Å². The summed E-state index contributed by atoms with van der Waals surface area (Å²) in [6.07, 6.45) is 7.22. The first-order valence-corrected chi connectivity index (χ1v) is 7.87. The van der Waals surface area contributed by atoms with E-state index in [1.54, 1.807) is 0 Å². The molecular formula is C16H33NO. The molecule has 1 aliphatic heterocycles. The van der Waals surface area contributed by atoms with Crippen molar-refractivity contribution in [3.05, 3.63) is 0 Å². The number of nitrogens with one attached hydrogen (secondary N) is 1. The van der Waals surface area contributed by atoms with E-state index < -0.39 is 0 Å². The number of hydrogen-bond donors (Lipinski definition) is 1. The highest BCUT2D eigenvalue weighted by atomic mass is 16.5. The van der Waals surface area contributed by atoms with Gasteiger partial charge in [-0.1, -0.05) is 27.7 Å². The molecule has 0 radical (unpaired) electrons. The summed E-state index contributed by atoms with van der Waals surface area (Å²) in [6, 6.07) is 0. The van der Waals surface area contributed by atoms with E-state index in [1.807, 2.05) is 0 Å². The molecule has 0 aliphatic carbocycles. The van der Waals surface area contributed by atoms with Gasteiger partial charge in [-0.2, -0.15) is 0 Å². The van der Waals surface area contributed by atoms with Crippen molar-refractivity contribution in [2.75, 3.05) is 13.1 Å². The molecular weight excluding hydrogens is 222 g/mol. The van der Waals surface area contributed by atoms with Crippen molar-refractivity contribution in [3.63, 3.8) is 0 Å². The molecule has 2 heteroatoms. The lowest BCUT2D eigenvalue weighted by molar-refractivity contribution is 0.0186. The molecule has 1 rings (SSSR count). The predicted molar refractivity (Wildman–Crippen MR) is 78.9 cm³/mol. The standard InChI is InChI=1S/C16H33NO/c1-6-16(7-2,12-17-11-13(3)4)10-15-9-8-14(5)18-15/h13-15,17H,6-12H2,1-5H3. The Morgan fingerprint density at radius 3 is 2.33 bits per heavy atom. The fourth-order valence-electron chi connectivity index (χ4n) is 3.01. The van der Waals surface area contributed by atoms with Crippen LogP contribution < -0.4 is 5.32 Å². The Bertz CT molecular complexity index is 223. The van der Waals surface area contributed by atoms with Crippen molar-refractivity contribution in [2.45, 2.75) is 78.9 Å². The number of rotatable bonds is 8. The van der Waals surface area contributed by atoms with Crippen LogP contribution in [0, 0.1) is 11.3 Å². The maximum Gasteiger partial charge on any atom is 0.0585 e. The van der Waals surface area contributed by atoms with Gasteiger partial charge in [0.1, 0.15) is 0 Å². The zero-order valence-corrected chi connectivity index (χ0v) is 13.1. The summed E-state index contributed by atoms with van der Waals surface area (Å²) in [6.45, 7) is 13.7. The summed E-state index contributed by atoms with van der Waals surface area (Å²) in [5, 5.41) is 3.66. The van der Waals surface area contributed by atoms with Gasteiger partial charge in [-0.25, -0.2) is 0 Å². The Labute approximate surface area is 114 Å². The quantitative estimate of drug-likeness (QED) is 0.708. The molecule has 0 bridgehead atoms. The van der Waals surface area contributed by atoms with Crippen LogP contribution in [0.1, 0.15) is 66.7 Å². The first-order valence-electron chi connectivity index (χ1n) is 7.87. The predicted octanol–water partition coefficient (Wildman–Crippen LogP) is 4.00. The van der Waals surface area contributed by atoms with E-state index >= 15 is 0 Å². The van der Waals surface area contributed by atoms with Gasteiger partial charge in [0.15, 0.2) is 0 Å². The number of ether oxygens (including phenoxy) is 1. The van der Waals surface area contributed by atoms with E-state index in [0.29, 0.717) is 17.6 Å². The van der Waals surface area contributed by atoms with Gasteiger partial charge in [0.05, 0.1) is 12.2 Å². The third-order valence-corrected chi connectivity index (χ3v) is 4.53. The van der Waals surface area contributed by atoms with Gasteiger partial charge in [-0.15, -0.1) is 0 Å². The summed E-state index contributed by atoms with van der Waals surface area (Å²) in [4.78, 5) is 0. The summed E-state index contributed by atoms with van der Waals surface area (Å²) >= 11 is 0. The highest BCUT2D eigenvalue weighted by Gasteiger charge is 2.33. The number of hydrogen-bond acceptors (Lipinski definition) is 2. The Balaban J connectivity index is 2.45. The van der Waals surface area contributed by atoms with Crippen molar-refractivity contribution in [1.29, 1.82) is 0 Å². The molecule has 0 saturated carbocycles. The fraction of sp³-hybridized carbons (Fsp3) is 1.00. The molecule has 0 spiro atoms. The first kappa shape index (κ1) is 16.0. The van der Waals surface area contributed by atoms with Crippen LogP contribution in [-0.2, 0) is 4.74 Å². The largest absolute Gasteiger partial charge is 0.375 e. The SMILES string of the molecule is CCC(CC)(CNCC(C)C)CC1CCC(C)O1. The normalized spacial score (nSPS) is 25.0. The van der Waals surface area contributed by atoms with E-state index in [4.69, 9.17) is 4.74 Å². The van der Waals surface area contributed by atoms with E-state index in [1.165, 1.54) is 32.1 Å². The first-order chi connectivity index (χ1) is 8.51. The Kier molecular flexibility index (Phi) is 6.65. The zero-order valence-electron chi connectivity index (χ0n) is 13.1. The Morgan fingerprint density at radius 2 is 1.89 bits per heavy atom. The third-order valence-electron chi connectivity index (χ3n) is 4.53. The molecule has 2 unspecified atom stereocenters. The van der Waals surface area contributed by atoms with Crippen LogP contribution in [0.2, 0.25) is 0 Å². The molecule has 0 aromatic heterocycles. The van der Waals surface area contributed by atoms with Gasteiger partial charge in [0, 0.05) is 6.54 Å². The van der Waals surface area contributed by atoms with Gasteiger partial charge in [0.25, 0.3) is 0 Å². The summed E-state index contributed by atoms with van der Waals surface area (Å²) in [5.74, 6) is 0.735. The highest BCUT2D eigenvalue weighted by Crippen LogP contribution is 2.36. The van der Waals surface area contributed by atoms with Crippen LogP contribution in [0.3, 0.4) is 0 Å². The lowest BCUT2D eigenvalue weighted by atomic mass is 9.77. The van der Waals surface area contributed by atoms with Gasteiger partial charge < -0.3 is 10.1 Å². The van der Waals surface area contributed by atoms with Crippen molar-refractivity contribution in [2.24, 2.45) is 11.3 Å². The molecule has 1 N–H and O–H groups in total. The minimum absolute atomic E-state index is 0.434. The molecule has 1 fully saturated rings. The molecule has 0 aromatic rings. The molecule has 2 nitrogen and oxygen atoms in total. The average Bonchev–Trinajstić information content (AvgIpc) is 2.73. The minimum atomic E-state index is 0.434. The summed E-state index contributed by atoms with van der Waals surface area (Å²) < 4.78 is 6.02. The maximum absolute atomic E-state index is 6.02. The second kappa shape index (κ2) is 7.49. The zero-order chi connectivity index (χ0) is 13.6. The molecule has 18 heavy (non-hydrogen) atoms. The summed E-state index contributed by atoms with van der Waals surface area (Å²) in [7, 11) is 0. The molecule has 0 aromatic carbocycles. The van der Waals surface area contributed by atoms with Crippen LogP contribution in [0.25, 0.3) is 0 Å². The average molecular weight is 255 g/mol. The van der Waals surface area contributed by atoms with Gasteiger partial charge >= 0.3 is 0 Å². The Morgan fingerprint density at radius 1 is 1.22 bits per heavy atom. The lowest BCUT2D eigenvalue weighted by Crippen LogP contribution is -2.37. The molecule has 1 heterocycles. The third kappa shape index (κ3) is 4.89. The van der Waals surface area contributed by atoms with Crippen molar-refractivity contribution >= 4 is 0 Å².